The third kappa shape index (κ3) is 2.87. The molecule has 92 valence electrons. The van der Waals surface area contributed by atoms with Gasteiger partial charge in [0.2, 0.25) is 0 Å². The summed E-state index contributed by atoms with van der Waals surface area (Å²) < 4.78 is 5.53. The highest BCUT2D eigenvalue weighted by molar-refractivity contribution is 5.75. The van der Waals surface area contributed by atoms with E-state index >= 15 is 0 Å². The fourth-order valence-electron chi connectivity index (χ4n) is 2.36. The summed E-state index contributed by atoms with van der Waals surface area (Å²) in [5.74, 6) is 0.794. The molecular formula is C15H20O2. The van der Waals surface area contributed by atoms with Crippen molar-refractivity contribution in [3.8, 4) is 5.75 Å². The van der Waals surface area contributed by atoms with E-state index in [0.29, 0.717) is 0 Å². The van der Waals surface area contributed by atoms with Gasteiger partial charge in [0.15, 0.2) is 0 Å². The van der Waals surface area contributed by atoms with Gasteiger partial charge < -0.3 is 4.74 Å². The van der Waals surface area contributed by atoms with Gasteiger partial charge in [0.05, 0.1) is 5.92 Å². The van der Waals surface area contributed by atoms with Crippen LogP contribution in [0.3, 0.4) is 0 Å². The monoisotopic (exact) mass is 232 g/mol. The number of rotatable bonds is 2. The zero-order valence-electron chi connectivity index (χ0n) is 10.7. The molecule has 1 aliphatic carbocycles. The van der Waals surface area contributed by atoms with E-state index in [2.05, 4.69) is 0 Å². The third-order valence-electron chi connectivity index (χ3n) is 3.70. The topological polar surface area (TPSA) is 26.3 Å². The van der Waals surface area contributed by atoms with Crippen LogP contribution in [-0.4, -0.2) is 5.97 Å². The van der Waals surface area contributed by atoms with Crippen LogP contribution >= 0.6 is 0 Å². The van der Waals surface area contributed by atoms with Gasteiger partial charge in [-0.25, -0.2) is 0 Å². The normalized spacial score (nSPS) is 16.8. The molecule has 0 saturated heterocycles. The number of benzene rings is 1. The summed E-state index contributed by atoms with van der Waals surface area (Å²) in [6.45, 7) is 4.03. The fraction of sp³-hybridized carbons (Fsp3) is 0.533. The summed E-state index contributed by atoms with van der Waals surface area (Å²) in [7, 11) is 0. The molecule has 1 aromatic rings. The number of carbonyl (C=O) groups is 1. The van der Waals surface area contributed by atoms with Gasteiger partial charge in [-0.05, 0) is 43.9 Å². The summed E-state index contributed by atoms with van der Waals surface area (Å²) in [5.41, 5.74) is 2.23. The van der Waals surface area contributed by atoms with Crippen molar-refractivity contribution < 1.29 is 9.53 Å². The number of hydrogen-bond donors (Lipinski definition) is 0. The van der Waals surface area contributed by atoms with Crippen LogP contribution in [-0.2, 0) is 4.79 Å². The molecule has 0 atom stereocenters. The minimum atomic E-state index is -0.0431. The first-order valence-corrected chi connectivity index (χ1v) is 6.46. The first-order chi connectivity index (χ1) is 8.18. The molecule has 17 heavy (non-hydrogen) atoms. The van der Waals surface area contributed by atoms with E-state index in [4.69, 9.17) is 4.74 Å². The second-order valence-electron chi connectivity index (χ2n) is 4.95. The molecule has 2 rings (SSSR count). The van der Waals surface area contributed by atoms with Gasteiger partial charge in [-0.3, -0.25) is 4.79 Å². The van der Waals surface area contributed by atoms with Crippen LogP contribution in [0.4, 0.5) is 0 Å². The maximum atomic E-state index is 12.0. The second-order valence-corrected chi connectivity index (χ2v) is 4.95. The summed E-state index contributed by atoms with van der Waals surface area (Å²) >= 11 is 0. The Kier molecular flexibility index (Phi) is 3.82. The zero-order valence-corrected chi connectivity index (χ0v) is 10.7. The van der Waals surface area contributed by atoms with Gasteiger partial charge in [0, 0.05) is 0 Å². The average Bonchev–Trinajstić information content (AvgIpc) is 2.36. The molecule has 0 unspecified atom stereocenters. The highest BCUT2D eigenvalue weighted by Crippen LogP contribution is 2.27. The Morgan fingerprint density at radius 3 is 2.59 bits per heavy atom. The first-order valence-electron chi connectivity index (χ1n) is 6.46. The van der Waals surface area contributed by atoms with E-state index in [-0.39, 0.29) is 11.9 Å². The summed E-state index contributed by atoms with van der Waals surface area (Å²) in [5, 5.41) is 0. The Balaban J connectivity index is 2.04. The molecule has 1 aromatic carbocycles. The van der Waals surface area contributed by atoms with E-state index < -0.39 is 0 Å². The Hall–Kier alpha value is -1.31. The van der Waals surface area contributed by atoms with Crippen LogP contribution < -0.4 is 4.74 Å². The summed E-state index contributed by atoms with van der Waals surface area (Å²) in [6, 6.07) is 5.85. The molecule has 0 aromatic heterocycles. The van der Waals surface area contributed by atoms with Crippen molar-refractivity contribution >= 4 is 5.97 Å². The van der Waals surface area contributed by atoms with Gasteiger partial charge in [-0.2, -0.15) is 0 Å². The molecule has 0 bridgehead atoms. The highest BCUT2D eigenvalue weighted by atomic mass is 16.5. The molecule has 0 aliphatic heterocycles. The Morgan fingerprint density at radius 1 is 1.18 bits per heavy atom. The van der Waals surface area contributed by atoms with Crippen molar-refractivity contribution in [2.24, 2.45) is 5.92 Å². The van der Waals surface area contributed by atoms with Crippen molar-refractivity contribution in [3.05, 3.63) is 29.3 Å². The molecule has 0 heterocycles. The SMILES string of the molecule is Cc1cccc(OC(=O)C2CCCCC2)c1C. The van der Waals surface area contributed by atoms with Crippen molar-refractivity contribution in [1.82, 2.24) is 0 Å². The number of esters is 1. The predicted octanol–water partition coefficient (Wildman–Crippen LogP) is 3.79. The lowest BCUT2D eigenvalue weighted by Crippen LogP contribution is -2.23. The molecule has 0 radical (unpaired) electrons. The molecule has 0 amide bonds. The number of ether oxygens (including phenoxy) is 1. The smallest absolute Gasteiger partial charge is 0.314 e. The molecule has 2 nitrogen and oxygen atoms in total. The number of aryl methyl sites for hydroxylation is 1. The molecule has 1 fully saturated rings. The average molecular weight is 232 g/mol. The fourth-order valence-corrected chi connectivity index (χ4v) is 2.36. The Morgan fingerprint density at radius 2 is 1.88 bits per heavy atom. The Bertz CT molecular complexity index is 403. The van der Waals surface area contributed by atoms with Crippen LogP contribution in [0, 0.1) is 19.8 Å². The van der Waals surface area contributed by atoms with Gasteiger partial charge in [-0.1, -0.05) is 31.4 Å². The van der Waals surface area contributed by atoms with Gasteiger partial charge in [-0.15, -0.1) is 0 Å². The lowest BCUT2D eigenvalue weighted by atomic mass is 9.89. The highest BCUT2D eigenvalue weighted by Gasteiger charge is 2.23. The first kappa shape index (κ1) is 12.2. The lowest BCUT2D eigenvalue weighted by molar-refractivity contribution is -0.140. The third-order valence-corrected chi connectivity index (χ3v) is 3.70. The number of hydrogen-bond acceptors (Lipinski definition) is 2. The quantitative estimate of drug-likeness (QED) is 0.573. The van der Waals surface area contributed by atoms with Crippen LogP contribution in [0.2, 0.25) is 0 Å². The van der Waals surface area contributed by atoms with Crippen LogP contribution in [0.5, 0.6) is 5.75 Å². The minimum absolute atomic E-state index is 0.0431. The van der Waals surface area contributed by atoms with Crippen LogP contribution in [0.1, 0.15) is 43.2 Å². The summed E-state index contributed by atoms with van der Waals surface area (Å²) in [4.78, 5) is 12.0. The van der Waals surface area contributed by atoms with Crippen molar-refractivity contribution in [2.75, 3.05) is 0 Å². The van der Waals surface area contributed by atoms with Gasteiger partial charge in [0.25, 0.3) is 0 Å². The van der Waals surface area contributed by atoms with Crippen LogP contribution in [0.15, 0.2) is 18.2 Å². The van der Waals surface area contributed by atoms with E-state index in [1.807, 2.05) is 32.0 Å². The molecule has 0 spiro atoms. The van der Waals surface area contributed by atoms with Crippen molar-refractivity contribution in [2.45, 2.75) is 46.0 Å². The molecule has 1 aliphatic rings. The van der Waals surface area contributed by atoms with Gasteiger partial charge >= 0.3 is 5.97 Å². The molecule has 2 heteroatoms. The maximum absolute atomic E-state index is 12.0. The predicted molar refractivity (Wildman–Crippen MR) is 68.1 cm³/mol. The number of carbonyl (C=O) groups excluding carboxylic acids is 1. The lowest BCUT2D eigenvalue weighted by Gasteiger charge is -2.20. The maximum Gasteiger partial charge on any atom is 0.314 e. The summed E-state index contributed by atoms with van der Waals surface area (Å²) in [6.07, 6.45) is 5.56. The molecular weight excluding hydrogens is 212 g/mol. The van der Waals surface area contributed by atoms with E-state index in [9.17, 15) is 4.79 Å². The second kappa shape index (κ2) is 5.35. The van der Waals surface area contributed by atoms with E-state index in [1.165, 1.54) is 12.0 Å². The minimum Gasteiger partial charge on any atom is -0.426 e. The molecule has 1 saturated carbocycles. The standard InChI is InChI=1S/C15H20O2/c1-11-7-6-10-14(12(11)2)17-15(16)13-8-4-3-5-9-13/h6-7,10,13H,3-5,8-9H2,1-2H3. The van der Waals surface area contributed by atoms with Crippen LogP contribution in [0.25, 0.3) is 0 Å². The van der Waals surface area contributed by atoms with E-state index in [0.717, 1.165) is 37.0 Å². The van der Waals surface area contributed by atoms with E-state index in [1.54, 1.807) is 0 Å². The molecule has 0 N–H and O–H groups in total. The van der Waals surface area contributed by atoms with Crippen molar-refractivity contribution in [1.29, 1.82) is 0 Å². The zero-order chi connectivity index (χ0) is 12.3. The largest absolute Gasteiger partial charge is 0.426 e. The van der Waals surface area contributed by atoms with Crippen molar-refractivity contribution in [3.63, 3.8) is 0 Å². The van der Waals surface area contributed by atoms with Gasteiger partial charge in [0.1, 0.15) is 5.75 Å². The Labute approximate surface area is 103 Å².